The van der Waals surface area contributed by atoms with E-state index < -0.39 is 22.5 Å². The van der Waals surface area contributed by atoms with Crippen LogP contribution in [-0.4, -0.2) is 28.0 Å². The van der Waals surface area contributed by atoms with Gasteiger partial charge < -0.3 is 10.1 Å². The van der Waals surface area contributed by atoms with Crippen molar-refractivity contribution in [3.63, 3.8) is 0 Å². The summed E-state index contributed by atoms with van der Waals surface area (Å²) >= 11 is 0. The first-order valence-corrected chi connectivity index (χ1v) is 12.1. The fourth-order valence-electron chi connectivity index (χ4n) is 3.56. The molecule has 0 aliphatic rings. The number of rotatable bonds is 8. The van der Waals surface area contributed by atoms with Crippen LogP contribution in [0.5, 0.6) is 5.75 Å². The van der Waals surface area contributed by atoms with Gasteiger partial charge in [-0.3, -0.25) is 9.10 Å². The van der Waals surface area contributed by atoms with Crippen LogP contribution < -0.4 is 14.4 Å². The zero-order chi connectivity index (χ0) is 24.0. The highest BCUT2D eigenvalue weighted by molar-refractivity contribution is 7.92. The smallest absolute Gasteiger partial charge is 0.264 e. The number of sulfonamides is 1. The van der Waals surface area contributed by atoms with E-state index in [1.807, 2.05) is 48.5 Å². The highest BCUT2D eigenvalue weighted by Gasteiger charge is 2.27. The van der Waals surface area contributed by atoms with E-state index in [-0.39, 0.29) is 4.90 Å². The Morgan fingerprint density at radius 1 is 0.794 bits per heavy atom. The first-order chi connectivity index (χ1) is 16.5. The molecule has 0 heterocycles. The zero-order valence-corrected chi connectivity index (χ0v) is 19.4. The van der Waals surface area contributed by atoms with Gasteiger partial charge >= 0.3 is 0 Å². The molecule has 4 aromatic rings. The number of hydrogen-bond donors (Lipinski definition) is 1. The Bertz CT molecular complexity index is 1360. The molecule has 0 saturated carbocycles. The summed E-state index contributed by atoms with van der Waals surface area (Å²) in [5.74, 6) is 0.126. The molecule has 172 valence electrons. The Balaban J connectivity index is 1.65. The van der Waals surface area contributed by atoms with Gasteiger partial charge in [0.1, 0.15) is 12.3 Å². The third kappa shape index (κ3) is 5.10. The Hall–Kier alpha value is -4.10. The summed E-state index contributed by atoms with van der Waals surface area (Å²) < 4.78 is 33.2. The summed E-state index contributed by atoms with van der Waals surface area (Å²) in [6.07, 6.45) is 0. The number of nitrogens with zero attached hydrogens (tertiary/aromatic N) is 1. The summed E-state index contributed by atoms with van der Waals surface area (Å²) in [5, 5.41) is 2.89. The Morgan fingerprint density at radius 3 is 2.03 bits per heavy atom. The van der Waals surface area contributed by atoms with Crippen molar-refractivity contribution in [2.45, 2.75) is 4.90 Å². The number of nitrogens with one attached hydrogen (secondary N) is 1. The van der Waals surface area contributed by atoms with Crippen molar-refractivity contribution in [2.24, 2.45) is 0 Å². The minimum Gasteiger partial charge on any atom is -0.497 e. The van der Waals surface area contributed by atoms with Gasteiger partial charge in [-0.2, -0.15) is 0 Å². The Kier molecular flexibility index (Phi) is 6.94. The lowest BCUT2D eigenvalue weighted by Gasteiger charge is -2.24. The van der Waals surface area contributed by atoms with Crippen LogP contribution in [0.25, 0.3) is 11.1 Å². The van der Waals surface area contributed by atoms with Crippen molar-refractivity contribution < 1.29 is 17.9 Å². The quantitative estimate of drug-likeness (QED) is 0.383. The largest absolute Gasteiger partial charge is 0.497 e. The monoisotopic (exact) mass is 472 g/mol. The van der Waals surface area contributed by atoms with Crippen LogP contribution in [0.2, 0.25) is 0 Å². The third-order valence-electron chi connectivity index (χ3n) is 5.26. The highest BCUT2D eigenvalue weighted by atomic mass is 32.2. The van der Waals surface area contributed by atoms with Gasteiger partial charge in [-0.25, -0.2) is 8.42 Å². The van der Waals surface area contributed by atoms with Gasteiger partial charge in [-0.1, -0.05) is 66.7 Å². The van der Waals surface area contributed by atoms with E-state index in [4.69, 9.17) is 4.74 Å². The minimum atomic E-state index is -3.99. The molecular weight excluding hydrogens is 448 g/mol. The minimum absolute atomic E-state index is 0.100. The van der Waals surface area contributed by atoms with Crippen LogP contribution in [0.1, 0.15) is 0 Å². The summed E-state index contributed by atoms with van der Waals surface area (Å²) in [6, 6.07) is 31.7. The molecule has 0 fully saturated rings. The molecule has 0 aromatic heterocycles. The van der Waals surface area contributed by atoms with E-state index in [1.165, 1.54) is 19.2 Å². The molecule has 0 spiro atoms. The molecule has 0 saturated heterocycles. The van der Waals surface area contributed by atoms with Gasteiger partial charge in [0.05, 0.1) is 17.7 Å². The number of methoxy groups -OCH3 is 1. The molecule has 4 rings (SSSR count). The van der Waals surface area contributed by atoms with Crippen LogP contribution in [0.3, 0.4) is 0 Å². The maximum Gasteiger partial charge on any atom is 0.264 e. The van der Waals surface area contributed by atoms with Crippen molar-refractivity contribution in [1.29, 1.82) is 0 Å². The average molecular weight is 473 g/mol. The Morgan fingerprint density at radius 2 is 1.38 bits per heavy atom. The van der Waals surface area contributed by atoms with E-state index in [9.17, 15) is 13.2 Å². The lowest BCUT2D eigenvalue weighted by atomic mass is 10.0. The fourth-order valence-corrected chi connectivity index (χ4v) is 5.01. The van der Waals surface area contributed by atoms with Gasteiger partial charge in [-0.05, 0) is 48.0 Å². The summed E-state index contributed by atoms with van der Waals surface area (Å²) in [6.45, 7) is -0.396. The van der Waals surface area contributed by atoms with Crippen LogP contribution in [0.4, 0.5) is 11.4 Å². The molecule has 0 aliphatic carbocycles. The van der Waals surface area contributed by atoms with Gasteiger partial charge in [0.25, 0.3) is 10.0 Å². The van der Waals surface area contributed by atoms with Crippen molar-refractivity contribution in [3.8, 4) is 16.9 Å². The third-order valence-corrected chi connectivity index (χ3v) is 7.05. The molecule has 0 atom stereocenters. The Labute approximate surface area is 199 Å². The van der Waals surface area contributed by atoms with E-state index in [1.54, 1.807) is 48.5 Å². The van der Waals surface area contributed by atoms with Gasteiger partial charge in [0.15, 0.2) is 0 Å². The SMILES string of the molecule is COc1ccc(N(CC(=O)Nc2ccccc2-c2ccccc2)S(=O)(=O)c2ccccc2)cc1. The molecular formula is C27H24N2O4S. The van der Waals surface area contributed by atoms with Gasteiger partial charge in [0.2, 0.25) is 5.91 Å². The second-order valence-corrected chi connectivity index (χ2v) is 9.34. The lowest BCUT2D eigenvalue weighted by Crippen LogP contribution is -2.38. The topological polar surface area (TPSA) is 75.7 Å². The molecule has 0 unspecified atom stereocenters. The standard InChI is InChI=1S/C27H24N2O4S/c1-33-23-18-16-22(17-19-23)29(34(31,32)24-12-6-3-7-13-24)20-27(30)28-26-15-9-8-14-25(26)21-10-4-2-5-11-21/h2-19H,20H2,1H3,(H,28,30). The molecule has 0 bridgehead atoms. The van der Waals surface area contributed by atoms with E-state index in [2.05, 4.69) is 5.32 Å². The van der Waals surface area contributed by atoms with Crippen molar-refractivity contribution in [2.75, 3.05) is 23.3 Å². The predicted octanol–water partition coefficient (Wildman–Crippen LogP) is 5.20. The highest BCUT2D eigenvalue weighted by Crippen LogP contribution is 2.29. The molecule has 1 amide bonds. The molecule has 6 nitrogen and oxygen atoms in total. The number of benzene rings is 4. The number of carbonyl (C=O) groups is 1. The van der Waals surface area contributed by atoms with Crippen LogP contribution in [0, 0.1) is 0 Å². The number of amides is 1. The number of para-hydroxylation sites is 1. The maximum absolute atomic E-state index is 13.5. The number of ether oxygens (including phenoxy) is 1. The molecule has 34 heavy (non-hydrogen) atoms. The fraction of sp³-hybridized carbons (Fsp3) is 0.0741. The van der Waals surface area contributed by atoms with E-state index >= 15 is 0 Å². The van der Waals surface area contributed by atoms with E-state index in [0.717, 1.165) is 15.4 Å². The van der Waals surface area contributed by atoms with E-state index in [0.29, 0.717) is 17.1 Å². The van der Waals surface area contributed by atoms with Crippen molar-refractivity contribution >= 4 is 27.3 Å². The molecule has 0 radical (unpaired) electrons. The number of carbonyl (C=O) groups excluding carboxylic acids is 1. The molecule has 1 N–H and O–H groups in total. The second kappa shape index (κ2) is 10.2. The first-order valence-electron chi connectivity index (χ1n) is 10.7. The maximum atomic E-state index is 13.5. The molecule has 0 aliphatic heterocycles. The zero-order valence-electron chi connectivity index (χ0n) is 18.6. The number of anilines is 2. The average Bonchev–Trinajstić information content (AvgIpc) is 2.88. The van der Waals surface area contributed by atoms with Crippen molar-refractivity contribution in [1.82, 2.24) is 0 Å². The normalized spacial score (nSPS) is 11.0. The first kappa shape index (κ1) is 23.1. The van der Waals surface area contributed by atoms with Gasteiger partial charge in [-0.15, -0.1) is 0 Å². The van der Waals surface area contributed by atoms with Crippen molar-refractivity contribution in [3.05, 3.63) is 109 Å². The summed E-state index contributed by atoms with van der Waals surface area (Å²) in [4.78, 5) is 13.2. The second-order valence-electron chi connectivity index (χ2n) is 7.48. The van der Waals surface area contributed by atoms with Crippen LogP contribution in [0.15, 0.2) is 114 Å². The van der Waals surface area contributed by atoms with Crippen LogP contribution in [-0.2, 0) is 14.8 Å². The summed E-state index contributed by atoms with van der Waals surface area (Å²) in [7, 11) is -2.46. The number of hydrogen-bond acceptors (Lipinski definition) is 4. The molecule has 4 aromatic carbocycles. The predicted molar refractivity (Wildman–Crippen MR) is 134 cm³/mol. The van der Waals surface area contributed by atoms with Gasteiger partial charge in [0, 0.05) is 11.3 Å². The molecule has 7 heteroatoms. The van der Waals surface area contributed by atoms with Crippen LogP contribution >= 0.6 is 0 Å². The summed E-state index contributed by atoms with van der Waals surface area (Å²) in [5.41, 5.74) is 2.75. The lowest BCUT2D eigenvalue weighted by molar-refractivity contribution is -0.114.